The van der Waals surface area contributed by atoms with Gasteiger partial charge in [-0.1, -0.05) is 26.2 Å². The average Bonchev–Trinajstić information content (AvgIpc) is 2.46. The quantitative estimate of drug-likeness (QED) is 0.807. The van der Waals surface area contributed by atoms with Gasteiger partial charge in [-0.3, -0.25) is 4.79 Å². The first-order valence-corrected chi connectivity index (χ1v) is 7.82. The second-order valence-electron chi connectivity index (χ2n) is 5.95. The van der Waals surface area contributed by atoms with Gasteiger partial charge in [0.05, 0.1) is 0 Å². The third kappa shape index (κ3) is 3.71. The third-order valence-electron chi connectivity index (χ3n) is 4.70. The second kappa shape index (κ2) is 7.13. The molecule has 1 atom stereocenters. The molecule has 3 nitrogen and oxygen atoms in total. The Hall–Kier alpha value is -0.570. The van der Waals surface area contributed by atoms with Crippen molar-refractivity contribution in [2.45, 2.75) is 64.3 Å². The zero-order valence-corrected chi connectivity index (χ0v) is 11.7. The molecule has 0 aromatic rings. The SMILES string of the molecule is CCC(NC(=O)C1CCNCC1)C1CCCCC1. The van der Waals surface area contributed by atoms with Crippen LogP contribution in [0.1, 0.15) is 58.3 Å². The van der Waals surface area contributed by atoms with Crippen LogP contribution in [0.2, 0.25) is 0 Å². The van der Waals surface area contributed by atoms with E-state index in [0.29, 0.717) is 11.9 Å². The number of piperidine rings is 1. The van der Waals surface area contributed by atoms with Gasteiger partial charge in [0.1, 0.15) is 0 Å². The van der Waals surface area contributed by atoms with Gasteiger partial charge in [0.15, 0.2) is 0 Å². The standard InChI is InChI=1S/C15H28N2O/c1-2-14(12-6-4-3-5-7-12)17-15(18)13-8-10-16-11-9-13/h12-14,16H,2-11H2,1H3,(H,17,18). The normalized spacial score (nSPS) is 24.7. The first kappa shape index (κ1) is 13.9. The molecule has 1 saturated carbocycles. The summed E-state index contributed by atoms with van der Waals surface area (Å²) in [5.41, 5.74) is 0. The molecule has 2 fully saturated rings. The molecule has 0 radical (unpaired) electrons. The fraction of sp³-hybridized carbons (Fsp3) is 0.933. The lowest BCUT2D eigenvalue weighted by Crippen LogP contribution is -2.45. The number of hydrogen-bond acceptors (Lipinski definition) is 2. The van der Waals surface area contributed by atoms with Crippen LogP contribution in [-0.4, -0.2) is 25.0 Å². The van der Waals surface area contributed by atoms with Crippen molar-refractivity contribution in [2.24, 2.45) is 11.8 Å². The van der Waals surface area contributed by atoms with Crippen LogP contribution in [-0.2, 0) is 4.79 Å². The van der Waals surface area contributed by atoms with E-state index in [1.807, 2.05) is 0 Å². The zero-order chi connectivity index (χ0) is 12.8. The van der Waals surface area contributed by atoms with Crippen molar-refractivity contribution in [1.82, 2.24) is 10.6 Å². The minimum absolute atomic E-state index is 0.254. The summed E-state index contributed by atoms with van der Waals surface area (Å²) in [6.07, 6.45) is 9.81. The van der Waals surface area contributed by atoms with Crippen LogP contribution in [0.4, 0.5) is 0 Å². The van der Waals surface area contributed by atoms with E-state index in [1.54, 1.807) is 0 Å². The Morgan fingerprint density at radius 3 is 2.44 bits per heavy atom. The molecule has 1 amide bonds. The van der Waals surface area contributed by atoms with E-state index in [2.05, 4.69) is 17.6 Å². The smallest absolute Gasteiger partial charge is 0.223 e. The number of carbonyl (C=O) groups is 1. The molecule has 0 aromatic carbocycles. The van der Waals surface area contributed by atoms with Gasteiger partial charge in [-0.05, 0) is 51.1 Å². The number of rotatable bonds is 4. The highest BCUT2D eigenvalue weighted by atomic mass is 16.1. The predicted molar refractivity (Wildman–Crippen MR) is 74.4 cm³/mol. The Bertz CT molecular complexity index is 255. The molecule has 2 N–H and O–H groups in total. The van der Waals surface area contributed by atoms with Crippen molar-refractivity contribution in [3.63, 3.8) is 0 Å². The van der Waals surface area contributed by atoms with E-state index < -0.39 is 0 Å². The molecule has 18 heavy (non-hydrogen) atoms. The van der Waals surface area contributed by atoms with Crippen molar-refractivity contribution in [1.29, 1.82) is 0 Å². The van der Waals surface area contributed by atoms with Crippen LogP contribution in [0, 0.1) is 11.8 Å². The van der Waals surface area contributed by atoms with E-state index in [1.165, 1.54) is 32.1 Å². The van der Waals surface area contributed by atoms with Gasteiger partial charge in [0.25, 0.3) is 0 Å². The molecule has 0 aromatic heterocycles. The molecule has 1 saturated heterocycles. The molecule has 1 unspecified atom stereocenters. The maximum absolute atomic E-state index is 12.3. The minimum atomic E-state index is 0.254. The summed E-state index contributed by atoms with van der Waals surface area (Å²) in [6, 6.07) is 0.424. The monoisotopic (exact) mass is 252 g/mol. The van der Waals surface area contributed by atoms with Gasteiger partial charge in [0.2, 0.25) is 5.91 Å². The minimum Gasteiger partial charge on any atom is -0.353 e. The Kier molecular flexibility index (Phi) is 5.48. The van der Waals surface area contributed by atoms with Crippen LogP contribution in [0.25, 0.3) is 0 Å². The fourth-order valence-electron chi connectivity index (χ4n) is 3.47. The van der Waals surface area contributed by atoms with Crippen LogP contribution in [0.15, 0.2) is 0 Å². The molecule has 1 aliphatic carbocycles. The summed E-state index contributed by atoms with van der Waals surface area (Å²) in [5.74, 6) is 1.30. The maximum atomic E-state index is 12.3. The summed E-state index contributed by atoms with van der Waals surface area (Å²) < 4.78 is 0. The Balaban J connectivity index is 1.82. The van der Waals surface area contributed by atoms with Crippen LogP contribution < -0.4 is 10.6 Å². The van der Waals surface area contributed by atoms with Crippen molar-refractivity contribution >= 4 is 5.91 Å². The van der Waals surface area contributed by atoms with Gasteiger partial charge in [-0.15, -0.1) is 0 Å². The van der Waals surface area contributed by atoms with Crippen molar-refractivity contribution in [3.05, 3.63) is 0 Å². The molecule has 0 spiro atoms. The van der Waals surface area contributed by atoms with Crippen molar-refractivity contribution in [2.75, 3.05) is 13.1 Å². The highest BCUT2D eigenvalue weighted by Crippen LogP contribution is 2.28. The van der Waals surface area contributed by atoms with Gasteiger partial charge in [-0.2, -0.15) is 0 Å². The lowest BCUT2D eigenvalue weighted by atomic mass is 9.82. The van der Waals surface area contributed by atoms with Crippen molar-refractivity contribution < 1.29 is 4.79 Å². The average molecular weight is 252 g/mol. The fourth-order valence-corrected chi connectivity index (χ4v) is 3.47. The molecular weight excluding hydrogens is 224 g/mol. The maximum Gasteiger partial charge on any atom is 0.223 e. The van der Waals surface area contributed by atoms with Crippen LogP contribution >= 0.6 is 0 Å². The van der Waals surface area contributed by atoms with Crippen molar-refractivity contribution in [3.8, 4) is 0 Å². The van der Waals surface area contributed by atoms with Crippen LogP contribution in [0.3, 0.4) is 0 Å². The summed E-state index contributed by atoms with van der Waals surface area (Å²) in [6.45, 7) is 4.21. The van der Waals surface area contributed by atoms with Gasteiger partial charge in [-0.25, -0.2) is 0 Å². The molecule has 104 valence electrons. The molecule has 0 bridgehead atoms. The molecule has 1 heterocycles. The zero-order valence-electron chi connectivity index (χ0n) is 11.7. The lowest BCUT2D eigenvalue weighted by molar-refractivity contribution is -0.127. The second-order valence-corrected chi connectivity index (χ2v) is 5.95. The van der Waals surface area contributed by atoms with E-state index >= 15 is 0 Å². The van der Waals surface area contributed by atoms with E-state index in [-0.39, 0.29) is 5.92 Å². The molecule has 2 rings (SSSR count). The number of amides is 1. The highest BCUT2D eigenvalue weighted by Gasteiger charge is 2.27. The van der Waals surface area contributed by atoms with Crippen LogP contribution in [0.5, 0.6) is 0 Å². The molecular formula is C15H28N2O. The number of nitrogens with one attached hydrogen (secondary N) is 2. The lowest BCUT2D eigenvalue weighted by Gasteiger charge is -2.32. The Labute approximate surface area is 111 Å². The summed E-state index contributed by atoms with van der Waals surface area (Å²) in [7, 11) is 0. The third-order valence-corrected chi connectivity index (χ3v) is 4.70. The van der Waals surface area contributed by atoms with E-state index in [9.17, 15) is 4.79 Å². The molecule has 2 aliphatic rings. The molecule has 3 heteroatoms. The summed E-state index contributed by atoms with van der Waals surface area (Å²) in [4.78, 5) is 12.3. The number of hydrogen-bond donors (Lipinski definition) is 2. The Morgan fingerprint density at radius 1 is 1.17 bits per heavy atom. The van der Waals surface area contributed by atoms with E-state index in [0.717, 1.165) is 38.3 Å². The van der Waals surface area contributed by atoms with Gasteiger partial charge in [0, 0.05) is 12.0 Å². The van der Waals surface area contributed by atoms with E-state index in [4.69, 9.17) is 0 Å². The first-order valence-electron chi connectivity index (χ1n) is 7.82. The summed E-state index contributed by atoms with van der Waals surface area (Å²) in [5, 5.41) is 6.66. The first-order chi connectivity index (χ1) is 8.81. The highest BCUT2D eigenvalue weighted by molar-refractivity contribution is 5.79. The Morgan fingerprint density at radius 2 is 1.83 bits per heavy atom. The summed E-state index contributed by atoms with van der Waals surface area (Å²) >= 11 is 0. The number of carbonyl (C=O) groups excluding carboxylic acids is 1. The topological polar surface area (TPSA) is 41.1 Å². The van der Waals surface area contributed by atoms with Gasteiger partial charge >= 0.3 is 0 Å². The largest absolute Gasteiger partial charge is 0.353 e. The molecule has 1 aliphatic heterocycles. The predicted octanol–water partition coefficient (Wildman–Crippen LogP) is 2.46. The van der Waals surface area contributed by atoms with Gasteiger partial charge < -0.3 is 10.6 Å².